The van der Waals surface area contributed by atoms with Crippen molar-refractivity contribution in [3.8, 4) is 0 Å². The van der Waals surface area contributed by atoms with E-state index in [9.17, 15) is 13.6 Å². The van der Waals surface area contributed by atoms with Gasteiger partial charge in [0.1, 0.15) is 17.7 Å². The van der Waals surface area contributed by atoms with Crippen LogP contribution in [0.5, 0.6) is 0 Å². The Balaban J connectivity index is 2.74. The second-order valence-corrected chi connectivity index (χ2v) is 7.41. The third-order valence-electron chi connectivity index (χ3n) is 3.12. The molecule has 0 aliphatic rings. The fourth-order valence-corrected chi connectivity index (χ4v) is 2.25. The maximum absolute atomic E-state index is 13.2. The molecule has 22 heavy (non-hydrogen) atoms. The van der Waals surface area contributed by atoms with Crippen LogP contribution in [0.15, 0.2) is 18.2 Å². The van der Waals surface area contributed by atoms with Crippen LogP contribution in [0, 0.1) is 23.0 Å². The van der Waals surface area contributed by atoms with E-state index in [0.717, 1.165) is 6.07 Å². The van der Waals surface area contributed by atoms with Gasteiger partial charge in [-0.1, -0.05) is 34.6 Å². The lowest BCUT2D eigenvalue weighted by atomic mass is 9.87. The molecule has 0 radical (unpaired) electrons. The van der Waals surface area contributed by atoms with Gasteiger partial charge in [0.2, 0.25) is 0 Å². The number of rotatable bonds is 7. The highest BCUT2D eigenvalue weighted by atomic mass is 19.1. The molecule has 0 amide bonds. The number of hydrogen-bond donors (Lipinski definition) is 0. The predicted octanol–water partition coefficient (Wildman–Crippen LogP) is 4.90. The number of ketones is 1. The van der Waals surface area contributed by atoms with Crippen molar-refractivity contribution in [1.29, 1.82) is 0 Å². The molecule has 2 nitrogen and oxygen atoms in total. The molecule has 4 heteroatoms. The molecule has 1 aromatic carbocycles. The van der Waals surface area contributed by atoms with Crippen molar-refractivity contribution >= 4 is 5.78 Å². The summed E-state index contributed by atoms with van der Waals surface area (Å²) in [5.41, 5.74) is 0.287. The maximum Gasteiger partial charge on any atom is 0.162 e. The quantitative estimate of drug-likeness (QED) is 0.715. The van der Waals surface area contributed by atoms with E-state index in [2.05, 4.69) is 0 Å². The van der Waals surface area contributed by atoms with Crippen molar-refractivity contribution in [2.24, 2.45) is 11.3 Å². The summed E-state index contributed by atoms with van der Waals surface area (Å²) in [6.07, 6.45) is 0.486. The van der Waals surface area contributed by atoms with Gasteiger partial charge in [-0.05, 0) is 35.4 Å². The monoisotopic (exact) mass is 312 g/mol. The lowest BCUT2D eigenvalue weighted by Gasteiger charge is -2.23. The Morgan fingerprint density at radius 3 is 2.14 bits per heavy atom. The SMILES string of the molecule is CC(C)CC(OCc1cc(F)cc(F)c1)C(=O)CC(C)(C)C. The van der Waals surface area contributed by atoms with Crippen LogP contribution in [0.3, 0.4) is 0 Å². The van der Waals surface area contributed by atoms with Gasteiger partial charge in [-0.3, -0.25) is 4.79 Å². The normalized spacial score (nSPS) is 13.5. The van der Waals surface area contributed by atoms with Crippen LogP contribution in [0.4, 0.5) is 8.78 Å². The van der Waals surface area contributed by atoms with Crippen LogP contribution in [0.2, 0.25) is 0 Å². The average molecular weight is 312 g/mol. The minimum absolute atomic E-state index is 0.0297. The second-order valence-electron chi connectivity index (χ2n) is 7.41. The first-order valence-electron chi connectivity index (χ1n) is 7.66. The molecule has 0 spiro atoms. The third-order valence-corrected chi connectivity index (χ3v) is 3.12. The van der Waals surface area contributed by atoms with Crippen LogP contribution in [-0.2, 0) is 16.1 Å². The highest BCUT2D eigenvalue weighted by Gasteiger charge is 2.25. The molecule has 0 bridgehead atoms. The zero-order valence-electron chi connectivity index (χ0n) is 14.1. The third kappa shape index (κ3) is 7.12. The van der Waals surface area contributed by atoms with Crippen LogP contribution in [0.1, 0.15) is 53.0 Å². The Labute approximate surface area is 131 Å². The van der Waals surface area contributed by atoms with Crippen molar-refractivity contribution in [2.45, 2.75) is 60.2 Å². The van der Waals surface area contributed by atoms with E-state index in [1.165, 1.54) is 12.1 Å². The maximum atomic E-state index is 13.2. The molecule has 0 fully saturated rings. The highest BCUT2D eigenvalue weighted by molar-refractivity contribution is 5.83. The molecule has 124 valence electrons. The molecular formula is C18H26F2O2. The van der Waals surface area contributed by atoms with E-state index in [-0.39, 0.29) is 17.8 Å². The van der Waals surface area contributed by atoms with E-state index in [0.29, 0.717) is 24.3 Å². The topological polar surface area (TPSA) is 26.3 Å². The lowest BCUT2D eigenvalue weighted by Crippen LogP contribution is -2.29. The molecule has 0 saturated carbocycles. The van der Waals surface area contributed by atoms with Crippen molar-refractivity contribution in [1.82, 2.24) is 0 Å². The molecular weight excluding hydrogens is 286 g/mol. The first kappa shape index (κ1) is 18.8. The first-order valence-corrected chi connectivity index (χ1v) is 7.66. The first-order chi connectivity index (χ1) is 10.1. The van der Waals surface area contributed by atoms with Gasteiger partial charge in [0.25, 0.3) is 0 Å². The van der Waals surface area contributed by atoms with Gasteiger partial charge in [0.05, 0.1) is 6.61 Å². The van der Waals surface area contributed by atoms with E-state index >= 15 is 0 Å². The fourth-order valence-electron chi connectivity index (χ4n) is 2.25. The highest BCUT2D eigenvalue weighted by Crippen LogP contribution is 2.23. The summed E-state index contributed by atoms with van der Waals surface area (Å²) in [5, 5.41) is 0. The smallest absolute Gasteiger partial charge is 0.162 e. The van der Waals surface area contributed by atoms with Gasteiger partial charge >= 0.3 is 0 Å². The Kier molecular flexibility index (Phi) is 6.66. The summed E-state index contributed by atoms with van der Waals surface area (Å²) in [7, 11) is 0. The number of carbonyl (C=O) groups excluding carboxylic acids is 1. The van der Waals surface area contributed by atoms with Gasteiger partial charge in [-0.15, -0.1) is 0 Å². The van der Waals surface area contributed by atoms with Gasteiger partial charge in [0.15, 0.2) is 5.78 Å². The number of halogens is 2. The summed E-state index contributed by atoms with van der Waals surface area (Å²) >= 11 is 0. The molecule has 0 aromatic heterocycles. The summed E-state index contributed by atoms with van der Waals surface area (Å²) < 4.78 is 32.0. The number of ether oxygens (including phenoxy) is 1. The van der Waals surface area contributed by atoms with Crippen molar-refractivity contribution in [3.63, 3.8) is 0 Å². The number of carbonyl (C=O) groups is 1. The number of benzene rings is 1. The van der Waals surface area contributed by atoms with Crippen LogP contribution < -0.4 is 0 Å². The van der Waals surface area contributed by atoms with Crippen LogP contribution in [0.25, 0.3) is 0 Å². The molecule has 0 aliphatic carbocycles. The molecule has 1 unspecified atom stereocenters. The minimum atomic E-state index is -0.639. The summed E-state index contributed by atoms with van der Waals surface area (Å²) in [4.78, 5) is 12.4. The van der Waals surface area contributed by atoms with E-state index in [1.54, 1.807) is 0 Å². The van der Waals surface area contributed by atoms with Gasteiger partial charge in [-0.2, -0.15) is 0 Å². The van der Waals surface area contributed by atoms with E-state index in [1.807, 2.05) is 34.6 Å². The fraction of sp³-hybridized carbons (Fsp3) is 0.611. The van der Waals surface area contributed by atoms with E-state index in [4.69, 9.17) is 4.74 Å². The van der Waals surface area contributed by atoms with Gasteiger partial charge in [-0.25, -0.2) is 8.78 Å². The largest absolute Gasteiger partial charge is 0.366 e. The Morgan fingerprint density at radius 2 is 1.68 bits per heavy atom. The molecule has 0 N–H and O–H groups in total. The summed E-state index contributed by atoms with van der Waals surface area (Å²) in [5.74, 6) is -0.934. The van der Waals surface area contributed by atoms with Crippen LogP contribution in [-0.4, -0.2) is 11.9 Å². The van der Waals surface area contributed by atoms with Gasteiger partial charge < -0.3 is 4.74 Å². The zero-order valence-corrected chi connectivity index (χ0v) is 14.1. The van der Waals surface area contributed by atoms with Crippen molar-refractivity contribution in [2.75, 3.05) is 0 Å². The van der Waals surface area contributed by atoms with Crippen molar-refractivity contribution in [3.05, 3.63) is 35.4 Å². The van der Waals surface area contributed by atoms with Crippen molar-refractivity contribution < 1.29 is 18.3 Å². The van der Waals surface area contributed by atoms with Crippen LogP contribution >= 0.6 is 0 Å². The molecule has 1 rings (SSSR count). The molecule has 1 aromatic rings. The summed E-state index contributed by atoms with van der Waals surface area (Å²) in [6.45, 7) is 10.1. The standard InChI is InChI=1S/C18H26F2O2/c1-12(2)6-17(16(21)10-18(3,4)5)22-11-13-7-14(19)9-15(20)8-13/h7-9,12,17H,6,10-11H2,1-5H3. The average Bonchev–Trinajstić information content (AvgIpc) is 2.30. The minimum Gasteiger partial charge on any atom is -0.366 e. The Morgan fingerprint density at radius 1 is 1.14 bits per heavy atom. The number of Topliss-reactive ketones (excluding diaryl/α,β-unsaturated/α-hetero) is 1. The second kappa shape index (κ2) is 7.82. The zero-order chi connectivity index (χ0) is 16.9. The van der Waals surface area contributed by atoms with Gasteiger partial charge in [0, 0.05) is 12.5 Å². The molecule has 1 atom stereocenters. The van der Waals surface area contributed by atoms with E-state index < -0.39 is 17.7 Å². The summed E-state index contributed by atoms with van der Waals surface area (Å²) in [6, 6.07) is 3.27. The Bertz CT molecular complexity index is 484. The molecule has 0 heterocycles. The lowest BCUT2D eigenvalue weighted by molar-refractivity contribution is -0.134. The Hall–Kier alpha value is -1.29. The molecule has 0 saturated heterocycles. The number of hydrogen-bond acceptors (Lipinski definition) is 2. The predicted molar refractivity (Wildman–Crippen MR) is 83.5 cm³/mol. The molecule has 0 aliphatic heterocycles.